The second-order valence-corrected chi connectivity index (χ2v) is 28.3. The Hall–Kier alpha value is -6.53. The molecular formula is C62H90CoN13O15P. The normalized spacial score (nSPS) is 33.5. The average molecular weight is 1350 g/mol. The summed E-state index contributed by atoms with van der Waals surface area (Å²) in [5.74, 6) is -7.40. The van der Waals surface area contributed by atoms with Crippen molar-refractivity contribution < 1.29 is 89.3 Å². The van der Waals surface area contributed by atoms with Crippen molar-refractivity contribution >= 4 is 77.3 Å². The molecule has 6 aliphatic rings. The number of nitrogens with one attached hydrogen (secondary N) is 1. The van der Waals surface area contributed by atoms with Gasteiger partial charge in [-0.1, -0.05) is 40.7 Å². The molecule has 15 atom stereocenters. The Morgan fingerprint density at radius 3 is 1.96 bits per heavy atom. The van der Waals surface area contributed by atoms with Crippen molar-refractivity contribution in [3.05, 3.63) is 69.2 Å². The fourth-order valence-corrected chi connectivity index (χ4v) is 16.4. The number of ether oxygens (including phenoxy) is 1. The minimum Gasteiger partial charge on any atom is -0.756 e. The molecule has 2 aromatic rings. The zero-order chi connectivity index (χ0) is 66.7. The van der Waals surface area contributed by atoms with Crippen LogP contribution in [0.5, 0.6) is 0 Å². The second kappa shape index (κ2) is 27.8. The molecule has 2 unspecified atom stereocenters. The number of rotatable bonds is 26. The predicted molar refractivity (Wildman–Crippen MR) is 335 cm³/mol. The number of carbonyl (C=O) groups is 7. The third kappa shape index (κ3) is 14.1. The van der Waals surface area contributed by atoms with Crippen molar-refractivity contribution in [1.82, 2.24) is 14.9 Å². The van der Waals surface area contributed by atoms with Crippen molar-refractivity contribution in [1.29, 1.82) is 0 Å². The number of fused-ring (bicyclic) bond motifs is 7. The summed E-state index contributed by atoms with van der Waals surface area (Å²) in [6, 6.07) is 2.65. The van der Waals surface area contributed by atoms with Crippen LogP contribution in [0.4, 0.5) is 0 Å². The van der Waals surface area contributed by atoms with Gasteiger partial charge in [-0.2, -0.15) is 5.70 Å². The van der Waals surface area contributed by atoms with E-state index in [2.05, 4.69) is 10.3 Å². The zero-order valence-corrected chi connectivity index (χ0v) is 55.9. The van der Waals surface area contributed by atoms with Crippen LogP contribution in [0.1, 0.15) is 150 Å². The van der Waals surface area contributed by atoms with Gasteiger partial charge in [0.1, 0.15) is 18.3 Å². The zero-order valence-electron chi connectivity index (χ0n) is 54.0. The molecule has 6 aliphatic heterocycles. The molecule has 2 saturated heterocycles. The van der Waals surface area contributed by atoms with Crippen LogP contribution in [-0.2, 0) is 68.7 Å². The smallest absolute Gasteiger partial charge is 0.756 e. The molecule has 8 bridgehead atoms. The van der Waals surface area contributed by atoms with Crippen LogP contribution in [0, 0.1) is 59.2 Å². The Kier molecular flexibility index (Phi) is 22.5. The van der Waals surface area contributed by atoms with E-state index in [1.807, 2.05) is 80.5 Å². The monoisotopic (exact) mass is 1350 g/mol. The van der Waals surface area contributed by atoms with Gasteiger partial charge in [0.15, 0.2) is 6.23 Å². The molecule has 1 aromatic carbocycles. The van der Waals surface area contributed by atoms with Crippen molar-refractivity contribution in [2.75, 3.05) is 13.2 Å². The second-order valence-electron chi connectivity index (χ2n) is 27.0. The van der Waals surface area contributed by atoms with E-state index >= 15 is 0 Å². The molecule has 30 heteroatoms. The van der Waals surface area contributed by atoms with E-state index < -0.39 is 143 Å². The number of primary amides is 6. The quantitative estimate of drug-likeness (QED) is 0.0611. The van der Waals surface area contributed by atoms with Crippen LogP contribution in [0.25, 0.3) is 16.4 Å². The summed E-state index contributed by atoms with van der Waals surface area (Å²) >= 11 is 0. The number of allylic oxidation sites excluding steroid dienone is 6. The standard InChI is InChI=1S/C62H90N13O14P.Co.H2O/c1-29-20-39-40(21-30(29)2)75(28-70-39)57-52(84)53(41(27-76)87-57)89-90(85,86)88-31(3)26-69-49(83)18-19-59(8)37(22-46(66)80)56-62(11)61(10,25-48(68)82)36(14-17-45(65)79)51(74-62)33(5)55-60(9,24-47(67)81)34(12-15-43(63)77)38(71-55)23-42-58(6,7)35(13-16-44(64)78)50(72-42)32(4)54(59)73-56;;/h20-21,23,28,31,34-37,41,52-53,56-57,76,84H,12-19,22,24-27H2,1-11H3,(H15,63,64,65,66,67,68,69,71,72,73,74,77,78,79,80,81,82,83,85,86);;1H2/q;+2;/p-2/t31-,34-,35-,36-,37+,41-,52-,53-,56?,57+,59-,60+,61+,62+;;/m1../s1. The third-order valence-corrected chi connectivity index (χ3v) is 21.6. The summed E-state index contributed by atoms with van der Waals surface area (Å²) in [5, 5.41) is 30.1. The summed E-state index contributed by atoms with van der Waals surface area (Å²) in [4.78, 5) is 128. The number of aryl methyl sites for hydroxylation is 2. The molecule has 28 nitrogen and oxygen atoms in total. The summed E-state index contributed by atoms with van der Waals surface area (Å²) < 4.78 is 31.9. The molecule has 0 saturated carbocycles. The summed E-state index contributed by atoms with van der Waals surface area (Å²) in [6.45, 7) is 19.0. The van der Waals surface area contributed by atoms with Gasteiger partial charge in [-0.05, 0) is 119 Å². The van der Waals surface area contributed by atoms with Gasteiger partial charge in [0.2, 0.25) is 41.4 Å². The van der Waals surface area contributed by atoms with E-state index in [0.717, 1.165) is 11.1 Å². The number of nitrogens with zero attached hydrogens (tertiary/aromatic N) is 6. The Labute approximate surface area is 545 Å². The maximum atomic E-state index is 14.4. The largest absolute Gasteiger partial charge is 2.00 e. The van der Waals surface area contributed by atoms with Crippen molar-refractivity contribution in [3.63, 3.8) is 0 Å². The number of hydrogen-bond donors (Lipinski definition) is 9. The fourth-order valence-electron chi connectivity index (χ4n) is 15.3. The molecule has 7 amide bonds. The number of phosphoric ester groups is 1. The van der Waals surface area contributed by atoms with Gasteiger partial charge in [0.05, 0.1) is 41.3 Å². The number of aromatic nitrogens is 2. The molecule has 1 radical (unpaired) electrons. The van der Waals surface area contributed by atoms with Crippen LogP contribution in [0.3, 0.4) is 0 Å². The molecule has 2 fully saturated rings. The number of hydrogen-bond acceptors (Lipinski definition) is 18. The topological polar surface area (TPSA) is 496 Å². The molecule has 8 rings (SSSR count). The minimum atomic E-state index is -5.32. The van der Waals surface area contributed by atoms with Crippen molar-refractivity contribution in [2.24, 2.45) is 94.7 Å². The molecule has 0 aliphatic carbocycles. The molecular weight excluding hydrogens is 1260 g/mol. The van der Waals surface area contributed by atoms with Gasteiger partial charge in [-0.15, -0.1) is 0 Å². The van der Waals surface area contributed by atoms with Gasteiger partial charge in [-0.25, -0.2) is 4.98 Å². The van der Waals surface area contributed by atoms with Crippen molar-refractivity contribution in [3.8, 4) is 0 Å². The molecule has 17 N–H and O–H groups in total. The van der Waals surface area contributed by atoms with Crippen LogP contribution in [0.15, 0.2) is 67.8 Å². The van der Waals surface area contributed by atoms with E-state index in [1.165, 1.54) is 17.8 Å². The predicted octanol–water partition coefficient (Wildman–Crippen LogP) is 2.49. The average Bonchev–Trinajstić information content (AvgIpc) is 1.53. The number of aliphatic hydroxyl groups excluding tert-OH is 2. The first-order valence-electron chi connectivity index (χ1n) is 30.5. The number of benzene rings is 1. The number of aliphatic hydroxyl groups is 2. The van der Waals surface area contributed by atoms with Gasteiger partial charge in [0, 0.05) is 108 Å². The number of imidazole rings is 1. The first-order chi connectivity index (χ1) is 41.8. The number of aliphatic imine (C=N–C) groups is 3. The molecule has 1 aromatic heterocycles. The Morgan fingerprint density at radius 2 is 1.38 bits per heavy atom. The summed E-state index contributed by atoms with van der Waals surface area (Å²) in [6.07, 6.45) is -4.79. The van der Waals surface area contributed by atoms with Crippen molar-refractivity contribution in [2.45, 2.75) is 189 Å². The van der Waals surface area contributed by atoms with Crippen LogP contribution in [0.2, 0.25) is 0 Å². The van der Waals surface area contributed by atoms with E-state index in [-0.39, 0.29) is 99.4 Å². The Balaban J connectivity index is 0.00000672. The van der Waals surface area contributed by atoms with E-state index in [4.69, 9.17) is 68.5 Å². The number of nitrogens with two attached hydrogens (primary N) is 6. The maximum Gasteiger partial charge on any atom is 2.00 e. The van der Waals surface area contributed by atoms with Gasteiger partial charge in [0.25, 0.3) is 7.82 Å². The van der Waals surface area contributed by atoms with Gasteiger partial charge < -0.3 is 84.0 Å². The summed E-state index contributed by atoms with van der Waals surface area (Å²) in [7, 11) is -5.32. The Morgan fingerprint density at radius 1 is 0.793 bits per heavy atom. The molecule has 0 spiro atoms. The summed E-state index contributed by atoms with van der Waals surface area (Å²) in [5.41, 5.74) is 36.7. The minimum absolute atomic E-state index is 0. The molecule has 7 heterocycles. The van der Waals surface area contributed by atoms with Crippen LogP contribution >= 0.6 is 7.82 Å². The number of phosphoric acid groups is 1. The van der Waals surface area contributed by atoms with Crippen LogP contribution < -0.4 is 44.6 Å². The SMILES string of the molecule is C/C1=C2/[N-]C([C@H](CC(N)=O)[C@@]2(C)CCC(=O)NC[C@@H](C)OP(=O)([O-])O[C@H]2[C@@H](O)[C@@H](n3cnc4cc(C)c(C)cc43)O[C@@H]2CO)[C@]2(C)N=C(/C(C)=C3N=C(/C=C4N=C1[C@@H](CCC(N)=O)C\4(C)C)[C@@H](CCC(N)=O)[C@]\3(C)CC(N)=O)[C@@H](CCC(N)=O)[C@]2(C)CC(N)=O.O.[Co+2]. The fraction of sp³-hybridized carbons (Fsp3) is 0.629. The Bertz CT molecular complexity index is 3550. The van der Waals surface area contributed by atoms with Gasteiger partial charge in [-0.3, -0.25) is 53.1 Å². The van der Waals surface area contributed by atoms with E-state index in [1.54, 1.807) is 6.92 Å². The first-order valence-corrected chi connectivity index (χ1v) is 32.0. The molecule has 507 valence electrons. The first kappa shape index (κ1) is 74.5. The number of amides is 7. The van der Waals surface area contributed by atoms with Crippen LogP contribution in [-0.4, -0.2) is 133 Å². The van der Waals surface area contributed by atoms with E-state index in [0.29, 0.717) is 56.4 Å². The molecule has 92 heavy (non-hydrogen) atoms. The van der Waals surface area contributed by atoms with E-state index in [9.17, 15) is 53.2 Å². The third-order valence-electron chi connectivity index (χ3n) is 20.5. The van der Waals surface area contributed by atoms with Gasteiger partial charge >= 0.3 is 16.8 Å². The number of carbonyl (C=O) groups excluding carboxylic acids is 7. The maximum absolute atomic E-state index is 14.4.